The fraction of sp³-hybridized carbons (Fsp3) is 0.471. The van der Waals surface area contributed by atoms with E-state index in [1.54, 1.807) is 24.3 Å². The number of aliphatic carboxylic acids is 1. The fourth-order valence-electron chi connectivity index (χ4n) is 2.69. The van der Waals surface area contributed by atoms with Crippen LogP contribution in [0.1, 0.15) is 12.0 Å². The molecular formula is C17H19F3N2O5. The summed E-state index contributed by atoms with van der Waals surface area (Å²) in [5.74, 6) is -2.59. The molecule has 10 heteroatoms. The third kappa shape index (κ3) is 6.80. The Hall–Kier alpha value is -2.78. The summed E-state index contributed by atoms with van der Waals surface area (Å²) in [6.45, 7) is -1.76. The predicted molar refractivity (Wildman–Crippen MR) is 87.0 cm³/mol. The van der Waals surface area contributed by atoms with Crippen LogP contribution in [0.15, 0.2) is 24.3 Å². The maximum absolute atomic E-state index is 12.4. The molecule has 0 aliphatic carbocycles. The second-order valence-corrected chi connectivity index (χ2v) is 6.16. The van der Waals surface area contributed by atoms with E-state index in [9.17, 15) is 27.6 Å². The van der Waals surface area contributed by atoms with Gasteiger partial charge in [0, 0.05) is 19.5 Å². The molecule has 0 bridgehead atoms. The highest BCUT2D eigenvalue weighted by molar-refractivity contribution is 5.89. The molecule has 1 saturated heterocycles. The van der Waals surface area contributed by atoms with Crippen molar-refractivity contribution in [3.63, 3.8) is 0 Å². The molecule has 1 heterocycles. The van der Waals surface area contributed by atoms with Crippen molar-refractivity contribution in [1.29, 1.82) is 0 Å². The zero-order valence-corrected chi connectivity index (χ0v) is 14.3. The maximum Gasteiger partial charge on any atom is 0.406 e. The van der Waals surface area contributed by atoms with Crippen molar-refractivity contribution < 1.29 is 37.4 Å². The number of amides is 2. The second-order valence-electron chi connectivity index (χ2n) is 6.16. The first kappa shape index (κ1) is 20.5. The molecule has 1 aromatic rings. The van der Waals surface area contributed by atoms with Crippen LogP contribution < -0.4 is 10.1 Å². The summed E-state index contributed by atoms with van der Waals surface area (Å²) >= 11 is 0. The number of hydrogen-bond acceptors (Lipinski definition) is 4. The van der Waals surface area contributed by atoms with Crippen molar-refractivity contribution in [2.24, 2.45) is 5.92 Å². The molecule has 1 aliphatic rings. The van der Waals surface area contributed by atoms with Crippen LogP contribution in [0.3, 0.4) is 0 Å². The van der Waals surface area contributed by atoms with Gasteiger partial charge >= 0.3 is 12.1 Å². The number of carboxylic acid groups (broad SMARTS) is 1. The van der Waals surface area contributed by atoms with E-state index in [0.717, 1.165) is 5.56 Å². The molecule has 0 radical (unpaired) electrons. The Morgan fingerprint density at radius 3 is 2.52 bits per heavy atom. The number of hydrogen-bond donors (Lipinski definition) is 2. The molecule has 0 aromatic heterocycles. The summed E-state index contributed by atoms with van der Waals surface area (Å²) in [6.07, 6.45) is -4.24. The SMILES string of the molecule is O=C(O)COc1ccc(CCNC(=O)C2CC(=O)N(CC(F)(F)F)C2)cc1. The number of benzene rings is 1. The summed E-state index contributed by atoms with van der Waals surface area (Å²) in [4.78, 5) is 34.7. The van der Waals surface area contributed by atoms with Gasteiger partial charge in [-0.15, -0.1) is 0 Å². The fourth-order valence-corrected chi connectivity index (χ4v) is 2.69. The van der Waals surface area contributed by atoms with Crippen LogP contribution in [0.2, 0.25) is 0 Å². The van der Waals surface area contributed by atoms with E-state index < -0.39 is 43.0 Å². The van der Waals surface area contributed by atoms with Crippen molar-refractivity contribution >= 4 is 17.8 Å². The highest BCUT2D eigenvalue weighted by atomic mass is 19.4. The number of nitrogens with one attached hydrogen (secondary N) is 1. The lowest BCUT2D eigenvalue weighted by molar-refractivity contribution is -0.157. The van der Waals surface area contributed by atoms with Gasteiger partial charge in [-0.3, -0.25) is 9.59 Å². The Morgan fingerprint density at radius 2 is 1.93 bits per heavy atom. The van der Waals surface area contributed by atoms with Crippen molar-refractivity contribution in [1.82, 2.24) is 10.2 Å². The minimum Gasteiger partial charge on any atom is -0.482 e. The van der Waals surface area contributed by atoms with Crippen LogP contribution in [-0.2, 0) is 20.8 Å². The number of rotatable bonds is 8. The lowest BCUT2D eigenvalue weighted by Gasteiger charge is -2.18. The molecule has 27 heavy (non-hydrogen) atoms. The standard InChI is InChI=1S/C17H19F3N2O5/c18-17(19,20)10-22-8-12(7-14(22)23)16(26)21-6-5-11-1-3-13(4-2-11)27-9-15(24)25/h1-4,12H,5-10H2,(H,21,26)(H,24,25). The number of alkyl halides is 3. The van der Waals surface area contributed by atoms with Crippen LogP contribution in [-0.4, -0.2) is 60.2 Å². The van der Waals surface area contributed by atoms with Gasteiger partial charge in [0.05, 0.1) is 5.92 Å². The molecule has 2 amide bonds. The van der Waals surface area contributed by atoms with Crippen molar-refractivity contribution in [2.45, 2.75) is 19.0 Å². The highest BCUT2D eigenvalue weighted by Gasteiger charge is 2.40. The van der Waals surface area contributed by atoms with E-state index in [1.807, 2.05) is 0 Å². The van der Waals surface area contributed by atoms with Crippen LogP contribution in [0, 0.1) is 5.92 Å². The number of halogens is 3. The van der Waals surface area contributed by atoms with Crippen molar-refractivity contribution in [3.8, 4) is 5.75 Å². The van der Waals surface area contributed by atoms with Gasteiger partial charge in [0.15, 0.2) is 6.61 Å². The lowest BCUT2D eigenvalue weighted by Crippen LogP contribution is -2.37. The molecule has 0 spiro atoms. The van der Waals surface area contributed by atoms with E-state index in [2.05, 4.69) is 5.32 Å². The van der Waals surface area contributed by atoms with Gasteiger partial charge in [0.1, 0.15) is 12.3 Å². The predicted octanol–water partition coefficient (Wildman–Crippen LogP) is 1.22. The molecule has 7 nitrogen and oxygen atoms in total. The summed E-state index contributed by atoms with van der Waals surface area (Å²) in [5, 5.41) is 11.2. The number of carbonyl (C=O) groups is 3. The molecule has 2 rings (SSSR count). The first-order valence-electron chi connectivity index (χ1n) is 8.20. The second kappa shape index (κ2) is 8.74. The van der Waals surface area contributed by atoms with E-state index >= 15 is 0 Å². The van der Waals surface area contributed by atoms with E-state index in [1.165, 1.54) is 0 Å². The average molecular weight is 388 g/mol. The number of ether oxygens (including phenoxy) is 1. The molecule has 0 saturated carbocycles. The van der Waals surface area contributed by atoms with Gasteiger partial charge < -0.3 is 20.1 Å². The number of nitrogens with zero attached hydrogens (tertiary/aromatic N) is 1. The minimum atomic E-state index is -4.48. The van der Waals surface area contributed by atoms with Gasteiger partial charge in [-0.2, -0.15) is 13.2 Å². The number of carbonyl (C=O) groups excluding carboxylic acids is 2. The molecule has 1 unspecified atom stereocenters. The van der Waals surface area contributed by atoms with Crippen molar-refractivity contribution in [2.75, 3.05) is 26.2 Å². The topological polar surface area (TPSA) is 95.9 Å². The first-order valence-corrected chi connectivity index (χ1v) is 8.20. The third-order valence-electron chi connectivity index (χ3n) is 3.95. The van der Waals surface area contributed by atoms with Gasteiger partial charge in [0.2, 0.25) is 11.8 Å². The van der Waals surface area contributed by atoms with Crippen LogP contribution >= 0.6 is 0 Å². The van der Waals surface area contributed by atoms with Crippen LogP contribution in [0.4, 0.5) is 13.2 Å². The zero-order chi connectivity index (χ0) is 20.0. The zero-order valence-electron chi connectivity index (χ0n) is 14.3. The van der Waals surface area contributed by atoms with Crippen LogP contribution in [0.25, 0.3) is 0 Å². The quantitative estimate of drug-likeness (QED) is 0.698. The monoisotopic (exact) mass is 388 g/mol. The molecule has 148 valence electrons. The summed E-state index contributed by atoms with van der Waals surface area (Å²) in [5.41, 5.74) is 0.860. The Labute approximate surface area is 153 Å². The molecule has 1 atom stereocenters. The summed E-state index contributed by atoms with van der Waals surface area (Å²) < 4.78 is 42.2. The Morgan fingerprint density at radius 1 is 1.26 bits per heavy atom. The summed E-state index contributed by atoms with van der Waals surface area (Å²) in [6, 6.07) is 6.64. The van der Waals surface area contributed by atoms with Gasteiger partial charge in [-0.1, -0.05) is 12.1 Å². The van der Waals surface area contributed by atoms with Gasteiger partial charge in [0.25, 0.3) is 0 Å². The minimum absolute atomic E-state index is 0.225. The Bertz CT molecular complexity index is 691. The lowest BCUT2D eigenvalue weighted by atomic mass is 10.1. The number of carboxylic acids is 1. The molecule has 1 fully saturated rings. The molecular weight excluding hydrogens is 369 g/mol. The molecule has 1 aliphatic heterocycles. The van der Waals surface area contributed by atoms with E-state index in [4.69, 9.17) is 9.84 Å². The normalized spacial score (nSPS) is 17.1. The smallest absolute Gasteiger partial charge is 0.406 e. The van der Waals surface area contributed by atoms with Crippen molar-refractivity contribution in [3.05, 3.63) is 29.8 Å². The Kier molecular flexibility index (Phi) is 6.65. The van der Waals surface area contributed by atoms with Gasteiger partial charge in [-0.25, -0.2) is 4.79 Å². The average Bonchev–Trinajstić information content (AvgIpc) is 2.93. The first-order chi connectivity index (χ1) is 12.6. The van der Waals surface area contributed by atoms with E-state index in [-0.39, 0.29) is 19.5 Å². The van der Waals surface area contributed by atoms with E-state index in [0.29, 0.717) is 17.1 Å². The molecule has 1 aromatic carbocycles. The Balaban J connectivity index is 1.74. The number of likely N-dealkylation sites (tertiary alicyclic amines) is 1. The third-order valence-corrected chi connectivity index (χ3v) is 3.95. The maximum atomic E-state index is 12.4. The van der Waals surface area contributed by atoms with Crippen LogP contribution in [0.5, 0.6) is 5.75 Å². The molecule has 2 N–H and O–H groups in total. The summed E-state index contributed by atoms with van der Waals surface area (Å²) in [7, 11) is 0. The van der Waals surface area contributed by atoms with Gasteiger partial charge in [-0.05, 0) is 24.1 Å². The highest BCUT2D eigenvalue weighted by Crippen LogP contribution is 2.24. The largest absolute Gasteiger partial charge is 0.482 e.